The minimum absolute atomic E-state index is 0.0533. The quantitative estimate of drug-likeness (QED) is 0.774. The van der Waals surface area contributed by atoms with Crippen molar-refractivity contribution in [3.05, 3.63) is 48.0 Å². The van der Waals surface area contributed by atoms with Gasteiger partial charge < -0.3 is 19.5 Å². The van der Waals surface area contributed by atoms with E-state index in [-0.39, 0.29) is 17.7 Å². The first-order valence-corrected chi connectivity index (χ1v) is 8.66. The van der Waals surface area contributed by atoms with Crippen LogP contribution in [0.5, 0.6) is 11.5 Å². The van der Waals surface area contributed by atoms with E-state index in [4.69, 9.17) is 14.2 Å². The van der Waals surface area contributed by atoms with Crippen molar-refractivity contribution in [2.75, 3.05) is 19.8 Å². The monoisotopic (exact) mass is 371 g/mol. The fourth-order valence-corrected chi connectivity index (χ4v) is 2.71. The minimum atomic E-state index is -0.696. The molecule has 1 aromatic heterocycles. The van der Waals surface area contributed by atoms with Crippen molar-refractivity contribution in [2.24, 2.45) is 5.92 Å². The van der Waals surface area contributed by atoms with Crippen molar-refractivity contribution in [1.29, 1.82) is 0 Å². The lowest BCUT2D eigenvalue weighted by atomic mass is 9.95. The van der Waals surface area contributed by atoms with Crippen LogP contribution >= 0.6 is 0 Å². The molecule has 27 heavy (non-hydrogen) atoms. The summed E-state index contributed by atoms with van der Waals surface area (Å²) in [6, 6.07) is 5.33. The number of ether oxygens (including phenoxy) is 3. The van der Waals surface area contributed by atoms with Gasteiger partial charge in [-0.3, -0.25) is 9.78 Å². The molecule has 8 nitrogen and oxygen atoms in total. The summed E-state index contributed by atoms with van der Waals surface area (Å²) in [5, 5.41) is 2.90. The molecule has 1 aliphatic rings. The maximum absolute atomic E-state index is 12.3. The van der Waals surface area contributed by atoms with Crippen LogP contribution < -0.4 is 14.8 Å². The Hall–Kier alpha value is -3.16. The Morgan fingerprint density at radius 1 is 1.19 bits per heavy atom. The zero-order valence-electron chi connectivity index (χ0n) is 15.2. The predicted molar refractivity (Wildman–Crippen MR) is 95.5 cm³/mol. The predicted octanol–water partition coefficient (Wildman–Crippen LogP) is 1.92. The van der Waals surface area contributed by atoms with Gasteiger partial charge in [0.05, 0.1) is 12.2 Å². The van der Waals surface area contributed by atoms with Gasteiger partial charge in [0.25, 0.3) is 5.91 Å². The molecule has 1 amide bonds. The van der Waals surface area contributed by atoms with Crippen LogP contribution in [-0.4, -0.2) is 41.7 Å². The molecule has 1 aliphatic heterocycles. The molecule has 0 saturated heterocycles. The highest BCUT2D eigenvalue weighted by Crippen LogP contribution is 2.34. The highest BCUT2D eigenvalue weighted by molar-refractivity contribution is 5.89. The van der Waals surface area contributed by atoms with Crippen LogP contribution in [0.15, 0.2) is 36.8 Å². The van der Waals surface area contributed by atoms with Gasteiger partial charge in [0.2, 0.25) is 0 Å². The van der Waals surface area contributed by atoms with E-state index in [9.17, 15) is 9.59 Å². The van der Waals surface area contributed by atoms with E-state index in [1.54, 1.807) is 0 Å². The summed E-state index contributed by atoms with van der Waals surface area (Å²) >= 11 is 0. The van der Waals surface area contributed by atoms with Crippen molar-refractivity contribution in [3.8, 4) is 11.5 Å². The number of carbonyl (C=O) groups excluding carboxylic acids is 2. The maximum Gasteiger partial charge on any atom is 0.359 e. The molecular formula is C19H21N3O5. The van der Waals surface area contributed by atoms with Crippen molar-refractivity contribution in [2.45, 2.75) is 19.9 Å². The van der Waals surface area contributed by atoms with Crippen LogP contribution in [-0.2, 0) is 9.53 Å². The summed E-state index contributed by atoms with van der Waals surface area (Å²) in [6.45, 7) is 4.60. The fourth-order valence-electron chi connectivity index (χ4n) is 2.71. The molecule has 1 N–H and O–H groups in total. The number of rotatable bonds is 6. The Kier molecular flexibility index (Phi) is 5.85. The van der Waals surface area contributed by atoms with Gasteiger partial charge in [-0.2, -0.15) is 0 Å². The molecule has 0 bridgehead atoms. The molecule has 0 aliphatic carbocycles. The molecule has 0 saturated carbocycles. The van der Waals surface area contributed by atoms with Gasteiger partial charge in [0.15, 0.2) is 23.8 Å². The number of fused-ring (bicyclic) bond motifs is 1. The molecule has 0 unspecified atom stereocenters. The number of aromatic nitrogens is 2. The number of amides is 1. The standard InChI is InChI=1S/C19H21N3O5/c1-12(2)18(13-3-4-15-16(9-13)26-8-7-25-15)22-17(23)11-27-19(24)14-10-20-5-6-21-14/h3-6,9-10,12,18H,7-8,11H2,1-2H3,(H,22,23)/t18-/m0/s1. The molecule has 0 fully saturated rings. The summed E-state index contributed by atoms with van der Waals surface area (Å²) in [5.74, 6) is 0.371. The third-order valence-electron chi connectivity index (χ3n) is 4.02. The maximum atomic E-state index is 12.3. The van der Waals surface area contributed by atoms with Gasteiger partial charge >= 0.3 is 5.97 Å². The zero-order chi connectivity index (χ0) is 19.2. The second kappa shape index (κ2) is 8.48. The van der Waals surface area contributed by atoms with Crippen molar-refractivity contribution >= 4 is 11.9 Å². The molecule has 142 valence electrons. The highest BCUT2D eigenvalue weighted by Gasteiger charge is 2.22. The summed E-state index contributed by atoms with van der Waals surface area (Å²) < 4.78 is 16.1. The molecule has 2 heterocycles. The third-order valence-corrected chi connectivity index (χ3v) is 4.02. The van der Waals surface area contributed by atoms with Crippen LogP contribution in [0.3, 0.4) is 0 Å². The Morgan fingerprint density at radius 3 is 2.67 bits per heavy atom. The van der Waals surface area contributed by atoms with Crippen LogP contribution in [0.25, 0.3) is 0 Å². The number of nitrogens with one attached hydrogen (secondary N) is 1. The number of benzene rings is 1. The molecule has 1 atom stereocenters. The number of hydrogen-bond acceptors (Lipinski definition) is 7. The topological polar surface area (TPSA) is 99.6 Å². The van der Waals surface area contributed by atoms with Gasteiger partial charge in [-0.15, -0.1) is 0 Å². The summed E-state index contributed by atoms with van der Waals surface area (Å²) in [6.07, 6.45) is 4.11. The normalized spacial score (nSPS) is 13.7. The van der Waals surface area contributed by atoms with Crippen LogP contribution in [0.4, 0.5) is 0 Å². The van der Waals surface area contributed by atoms with Crippen molar-refractivity contribution in [3.63, 3.8) is 0 Å². The second-order valence-corrected chi connectivity index (χ2v) is 6.36. The van der Waals surface area contributed by atoms with Gasteiger partial charge in [0.1, 0.15) is 13.2 Å². The van der Waals surface area contributed by atoms with E-state index in [0.717, 1.165) is 5.56 Å². The third kappa shape index (κ3) is 4.72. The van der Waals surface area contributed by atoms with Gasteiger partial charge in [-0.25, -0.2) is 9.78 Å². The summed E-state index contributed by atoms with van der Waals surface area (Å²) in [4.78, 5) is 31.8. The number of esters is 1. The first kappa shape index (κ1) is 18.6. The van der Waals surface area contributed by atoms with E-state index in [1.807, 2.05) is 32.0 Å². The lowest BCUT2D eigenvalue weighted by Gasteiger charge is -2.25. The van der Waals surface area contributed by atoms with Crippen molar-refractivity contribution in [1.82, 2.24) is 15.3 Å². The SMILES string of the molecule is CC(C)[C@H](NC(=O)COC(=O)c1cnccn1)c1ccc2c(c1)OCCO2. The minimum Gasteiger partial charge on any atom is -0.486 e. The van der Waals surface area contributed by atoms with E-state index >= 15 is 0 Å². The molecule has 0 radical (unpaired) electrons. The van der Waals surface area contributed by atoms with E-state index in [1.165, 1.54) is 18.6 Å². The van der Waals surface area contributed by atoms with Gasteiger partial charge in [0, 0.05) is 12.4 Å². The molecule has 3 rings (SSSR count). The van der Waals surface area contributed by atoms with Gasteiger partial charge in [-0.05, 0) is 23.6 Å². The Morgan fingerprint density at radius 2 is 1.96 bits per heavy atom. The fraction of sp³-hybridized carbons (Fsp3) is 0.368. The number of nitrogens with zero attached hydrogens (tertiary/aromatic N) is 2. The first-order valence-electron chi connectivity index (χ1n) is 8.66. The molecule has 0 spiro atoms. The average Bonchev–Trinajstić information content (AvgIpc) is 2.70. The van der Waals surface area contributed by atoms with E-state index in [2.05, 4.69) is 15.3 Å². The van der Waals surface area contributed by atoms with Gasteiger partial charge in [-0.1, -0.05) is 19.9 Å². The van der Waals surface area contributed by atoms with Crippen LogP contribution in [0, 0.1) is 5.92 Å². The summed E-state index contributed by atoms with van der Waals surface area (Å²) in [7, 11) is 0. The van der Waals surface area contributed by atoms with Crippen LogP contribution in [0.2, 0.25) is 0 Å². The Balaban J connectivity index is 1.62. The Bertz CT molecular complexity index is 810. The lowest BCUT2D eigenvalue weighted by Crippen LogP contribution is -2.35. The zero-order valence-corrected chi connectivity index (χ0v) is 15.2. The van der Waals surface area contributed by atoms with Crippen LogP contribution in [0.1, 0.15) is 35.9 Å². The molecule has 8 heteroatoms. The van der Waals surface area contributed by atoms with E-state index < -0.39 is 18.5 Å². The smallest absolute Gasteiger partial charge is 0.359 e. The molecular weight excluding hydrogens is 350 g/mol. The molecule has 1 aromatic carbocycles. The summed E-state index contributed by atoms with van der Waals surface area (Å²) in [5.41, 5.74) is 0.945. The van der Waals surface area contributed by atoms with Crippen molar-refractivity contribution < 1.29 is 23.8 Å². The average molecular weight is 371 g/mol. The Labute approximate surface area is 156 Å². The number of carbonyl (C=O) groups is 2. The first-order chi connectivity index (χ1) is 13.0. The highest BCUT2D eigenvalue weighted by atomic mass is 16.6. The lowest BCUT2D eigenvalue weighted by molar-refractivity contribution is -0.125. The second-order valence-electron chi connectivity index (χ2n) is 6.36. The largest absolute Gasteiger partial charge is 0.486 e. The van der Waals surface area contributed by atoms with E-state index in [0.29, 0.717) is 24.7 Å². The number of hydrogen-bond donors (Lipinski definition) is 1. The molecule has 2 aromatic rings.